The highest BCUT2D eigenvalue weighted by Crippen LogP contribution is 2.31. The second-order valence-corrected chi connectivity index (χ2v) is 6.13. The molecule has 1 N–H and O–H groups in total. The minimum absolute atomic E-state index is 0.473. The van der Waals surface area contributed by atoms with Gasteiger partial charge >= 0.3 is 0 Å². The summed E-state index contributed by atoms with van der Waals surface area (Å²) in [6.45, 7) is 0. The van der Waals surface area contributed by atoms with Gasteiger partial charge in [0.25, 0.3) is 0 Å². The molecule has 104 valence electrons. The van der Waals surface area contributed by atoms with Crippen molar-refractivity contribution in [1.29, 1.82) is 0 Å². The Bertz CT molecular complexity index is 637. The highest BCUT2D eigenvalue weighted by Gasteiger charge is 2.15. The minimum atomic E-state index is -0.656. The highest BCUT2D eigenvalue weighted by atomic mass is 35.5. The van der Waals surface area contributed by atoms with E-state index in [1.807, 2.05) is 12.1 Å². The van der Waals surface area contributed by atoms with Gasteiger partial charge in [-0.05, 0) is 60.1 Å². The van der Waals surface area contributed by atoms with Crippen molar-refractivity contribution in [3.63, 3.8) is 0 Å². The van der Waals surface area contributed by atoms with E-state index in [0.29, 0.717) is 10.0 Å². The van der Waals surface area contributed by atoms with Gasteiger partial charge < -0.3 is 5.11 Å². The van der Waals surface area contributed by atoms with Gasteiger partial charge in [-0.15, -0.1) is 0 Å². The van der Waals surface area contributed by atoms with Gasteiger partial charge in [-0.3, -0.25) is 0 Å². The molecule has 0 amide bonds. The lowest BCUT2D eigenvalue weighted by molar-refractivity contribution is 0.220. The number of rotatable bonds is 2. The van der Waals surface area contributed by atoms with E-state index in [1.165, 1.54) is 24.0 Å². The van der Waals surface area contributed by atoms with Crippen LogP contribution in [0.15, 0.2) is 36.4 Å². The first-order valence-electron chi connectivity index (χ1n) is 6.90. The second kappa shape index (κ2) is 5.77. The summed E-state index contributed by atoms with van der Waals surface area (Å²) >= 11 is 11.9. The topological polar surface area (TPSA) is 20.2 Å². The third kappa shape index (κ3) is 2.71. The van der Waals surface area contributed by atoms with Crippen molar-refractivity contribution in [3.8, 4) is 0 Å². The fourth-order valence-corrected chi connectivity index (χ4v) is 3.10. The molecule has 0 radical (unpaired) electrons. The zero-order chi connectivity index (χ0) is 14.1. The predicted octanol–water partition coefficient (Wildman–Crippen LogP) is 4.95. The largest absolute Gasteiger partial charge is 0.384 e. The monoisotopic (exact) mass is 306 g/mol. The van der Waals surface area contributed by atoms with Crippen molar-refractivity contribution in [3.05, 3.63) is 68.7 Å². The van der Waals surface area contributed by atoms with E-state index in [-0.39, 0.29) is 0 Å². The Kier molecular flexibility index (Phi) is 4.02. The Morgan fingerprint density at radius 2 is 1.45 bits per heavy atom. The molecule has 20 heavy (non-hydrogen) atoms. The van der Waals surface area contributed by atoms with Crippen molar-refractivity contribution < 1.29 is 5.11 Å². The summed E-state index contributed by atoms with van der Waals surface area (Å²) in [5.74, 6) is 0. The number of halogens is 2. The van der Waals surface area contributed by atoms with Crippen molar-refractivity contribution in [2.75, 3.05) is 0 Å². The van der Waals surface area contributed by atoms with E-state index in [2.05, 4.69) is 12.1 Å². The number of hydrogen-bond donors (Lipinski definition) is 1. The zero-order valence-electron chi connectivity index (χ0n) is 11.1. The molecule has 0 saturated heterocycles. The maximum atomic E-state index is 10.5. The number of fused-ring (bicyclic) bond motifs is 1. The molecule has 3 heteroatoms. The van der Waals surface area contributed by atoms with E-state index in [9.17, 15) is 5.11 Å². The molecule has 1 atom stereocenters. The smallest absolute Gasteiger partial charge is 0.104 e. The quantitative estimate of drug-likeness (QED) is 0.832. The summed E-state index contributed by atoms with van der Waals surface area (Å²) in [4.78, 5) is 0. The fourth-order valence-electron chi connectivity index (χ4n) is 2.80. The summed E-state index contributed by atoms with van der Waals surface area (Å²) in [5, 5.41) is 11.5. The molecule has 0 fully saturated rings. The molecule has 2 aromatic carbocycles. The average Bonchev–Trinajstić information content (AvgIpc) is 2.49. The van der Waals surface area contributed by atoms with E-state index < -0.39 is 6.10 Å². The molecule has 1 aliphatic carbocycles. The van der Waals surface area contributed by atoms with Gasteiger partial charge in [0, 0.05) is 0 Å². The second-order valence-electron chi connectivity index (χ2n) is 5.31. The van der Waals surface area contributed by atoms with Crippen LogP contribution in [0, 0.1) is 0 Å². The summed E-state index contributed by atoms with van der Waals surface area (Å²) in [7, 11) is 0. The lowest BCUT2D eigenvalue weighted by atomic mass is 9.88. The molecule has 1 unspecified atom stereocenters. The van der Waals surface area contributed by atoms with Crippen LogP contribution in [-0.4, -0.2) is 5.11 Å². The van der Waals surface area contributed by atoms with Gasteiger partial charge in [0.1, 0.15) is 6.10 Å². The molecule has 0 aliphatic heterocycles. The standard InChI is InChI=1S/C17H16Cl2O/c18-15-8-7-14(10-16(15)19)17(20)13-6-5-11-3-1-2-4-12(11)9-13/h5-10,17,20H,1-4H2. The Hall–Kier alpha value is -1.02. The number of aryl methyl sites for hydroxylation is 2. The number of benzene rings is 2. The van der Waals surface area contributed by atoms with Crippen LogP contribution in [-0.2, 0) is 12.8 Å². The minimum Gasteiger partial charge on any atom is -0.384 e. The number of aliphatic hydroxyl groups excluding tert-OH is 1. The third-order valence-corrected chi connectivity index (χ3v) is 4.69. The normalized spacial score (nSPS) is 15.8. The van der Waals surface area contributed by atoms with Crippen LogP contribution in [0.5, 0.6) is 0 Å². The van der Waals surface area contributed by atoms with Gasteiger partial charge in [0.15, 0.2) is 0 Å². The van der Waals surface area contributed by atoms with Crippen LogP contribution in [0.4, 0.5) is 0 Å². The summed E-state index contributed by atoms with van der Waals surface area (Å²) in [5.41, 5.74) is 4.48. The number of aliphatic hydroxyl groups is 1. The van der Waals surface area contributed by atoms with Crippen molar-refractivity contribution >= 4 is 23.2 Å². The first-order chi connectivity index (χ1) is 9.65. The van der Waals surface area contributed by atoms with Crippen LogP contribution < -0.4 is 0 Å². The molecule has 0 spiro atoms. The predicted molar refractivity (Wildman–Crippen MR) is 83.6 cm³/mol. The summed E-state index contributed by atoms with van der Waals surface area (Å²) < 4.78 is 0. The van der Waals surface area contributed by atoms with Crippen LogP contribution in [0.3, 0.4) is 0 Å². The Morgan fingerprint density at radius 1 is 0.800 bits per heavy atom. The molecule has 0 aromatic heterocycles. The van der Waals surface area contributed by atoms with Crippen LogP contribution >= 0.6 is 23.2 Å². The maximum Gasteiger partial charge on any atom is 0.104 e. The van der Waals surface area contributed by atoms with Gasteiger partial charge in [-0.2, -0.15) is 0 Å². The lowest BCUT2D eigenvalue weighted by Crippen LogP contribution is -2.06. The Labute approximate surface area is 129 Å². The van der Waals surface area contributed by atoms with Gasteiger partial charge in [-0.25, -0.2) is 0 Å². The molecule has 0 heterocycles. The Balaban J connectivity index is 1.93. The van der Waals surface area contributed by atoms with Crippen molar-refractivity contribution in [1.82, 2.24) is 0 Å². The lowest BCUT2D eigenvalue weighted by Gasteiger charge is -2.19. The van der Waals surface area contributed by atoms with Crippen LogP contribution in [0.25, 0.3) is 0 Å². The molecule has 1 aliphatic rings. The highest BCUT2D eigenvalue weighted by molar-refractivity contribution is 6.42. The van der Waals surface area contributed by atoms with Crippen molar-refractivity contribution in [2.24, 2.45) is 0 Å². The number of hydrogen-bond acceptors (Lipinski definition) is 1. The first kappa shape index (κ1) is 13.9. The van der Waals surface area contributed by atoms with E-state index >= 15 is 0 Å². The van der Waals surface area contributed by atoms with E-state index in [0.717, 1.165) is 24.0 Å². The van der Waals surface area contributed by atoms with Crippen LogP contribution in [0.2, 0.25) is 10.0 Å². The molecular formula is C17H16Cl2O. The average molecular weight is 307 g/mol. The SMILES string of the molecule is OC(c1ccc(Cl)c(Cl)c1)c1ccc2c(c1)CCCC2. The molecule has 0 bridgehead atoms. The van der Waals surface area contributed by atoms with E-state index in [1.54, 1.807) is 12.1 Å². The molecule has 0 saturated carbocycles. The van der Waals surface area contributed by atoms with Crippen LogP contribution in [0.1, 0.15) is 41.2 Å². The molecular weight excluding hydrogens is 291 g/mol. The maximum absolute atomic E-state index is 10.5. The van der Waals surface area contributed by atoms with E-state index in [4.69, 9.17) is 23.2 Å². The van der Waals surface area contributed by atoms with Crippen molar-refractivity contribution in [2.45, 2.75) is 31.8 Å². The molecule has 1 nitrogen and oxygen atoms in total. The summed E-state index contributed by atoms with van der Waals surface area (Å²) in [6, 6.07) is 11.6. The first-order valence-corrected chi connectivity index (χ1v) is 7.65. The molecule has 2 aromatic rings. The van der Waals surface area contributed by atoms with Gasteiger partial charge in [0.05, 0.1) is 10.0 Å². The Morgan fingerprint density at radius 3 is 2.20 bits per heavy atom. The molecule has 3 rings (SSSR count). The van der Waals surface area contributed by atoms with Gasteiger partial charge in [0.2, 0.25) is 0 Å². The fraction of sp³-hybridized carbons (Fsp3) is 0.294. The summed E-state index contributed by atoms with van der Waals surface area (Å²) in [6.07, 6.45) is 4.11. The zero-order valence-corrected chi connectivity index (χ0v) is 12.6. The van der Waals surface area contributed by atoms with Gasteiger partial charge in [-0.1, -0.05) is 47.5 Å². The third-order valence-electron chi connectivity index (χ3n) is 3.95.